The van der Waals surface area contributed by atoms with Gasteiger partial charge in [-0.05, 0) is 43.0 Å². The van der Waals surface area contributed by atoms with Crippen LogP contribution in [0.25, 0.3) is 0 Å². The predicted octanol–water partition coefficient (Wildman–Crippen LogP) is 4.11. The molecule has 1 aliphatic rings. The van der Waals surface area contributed by atoms with Crippen LogP contribution in [0.2, 0.25) is 0 Å². The number of halogens is 1. The maximum atomic E-state index is 13.3. The molecule has 0 unspecified atom stereocenters. The highest BCUT2D eigenvalue weighted by Crippen LogP contribution is 2.27. The Bertz CT molecular complexity index is 765. The van der Waals surface area contributed by atoms with E-state index in [4.69, 9.17) is 0 Å². The number of piperidine rings is 1. The Morgan fingerprint density at radius 2 is 2.23 bits per heavy atom. The van der Waals surface area contributed by atoms with Crippen LogP contribution in [0.3, 0.4) is 0 Å². The summed E-state index contributed by atoms with van der Waals surface area (Å²) in [6.07, 6.45) is 4.27. The Balaban J connectivity index is 1.70. The van der Waals surface area contributed by atoms with E-state index in [0.29, 0.717) is 30.5 Å². The Hall–Kier alpha value is -2.50. The molecule has 1 N–H and O–H groups in total. The van der Waals surface area contributed by atoms with Crippen molar-refractivity contribution in [3.63, 3.8) is 0 Å². The van der Waals surface area contributed by atoms with E-state index in [1.54, 1.807) is 18.3 Å². The van der Waals surface area contributed by atoms with E-state index < -0.39 is 0 Å². The second-order valence-corrected chi connectivity index (χ2v) is 7.22. The molecule has 138 valence electrons. The van der Waals surface area contributed by atoms with Crippen LogP contribution in [0.4, 0.5) is 16.0 Å². The van der Waals surface area contributed by atoms with E-state index in [0.717, 1.165) is 25.1 Å². The average molecular weight is 356 g/mol. The first kappa shape index (κ1) is 18.3. The molecule has 1 aliphatic heterocycles. The molecule has 26 heavy (non-hydrogen) atoms. The Labute approximate surface area is 153 Å². The van der Waals surface area contributed by atoms with Gasteiger partial charge in [0.15, 0.2) is 0 Å². The predicted molar refractivity (Wildman–Crippen MR) is 99.7 cm³/mol. The van der Waals surface area contributed by atoms with Gasteiger partial charge >= 0.3 is 0 Å². The van der Waals surface area contributed by atoms with Crippen molar-refractivity contribution in [3.05, 3.63) is 48.0 Å². The van der Waals surface area contributed by atoms with Crippen LogP contribution in [0, 0.1) is 11.7 Å². The molecule has 5 nitrogen and oxygen atoms in total. The largest absolute Gasteiger partial charge is 0.342 e. The summed E-state index contributed by atoms with van der Waals surface area (Å²) in [5.41, 5.74) is 1.53. The monoisotopic (exact) mass is 356 g/mol. The molecule has 0 spiro atoms. The summed E-state index contributed by atoms with van der Waals surface area (Å²) in [5, 5.41) is 3.04. The van der Waals surface area contributed by atoms with E-state index in [2.05, 4.69) is 29.1 Å². The molecule has 1 atom stereocenters. The number of amides is 1. The topological polar surface area (TPSA) is 58.1 Å². The number of rotatable bonds is 5. The van der Waals surface area contributed by atoms with Gasteiger partial charge < -0.3 is 10.2 Å². The van der Waals surface area contributed by atoms with E-state index in [-0.39, 0.29) is 17.6 Å². The number of benzene rings is 1. The lowest BCUT2D eigenvalue weighted by atomic mass is 9.94. The van der Waals surface area contributed by atoms with Gasteiger partial charge in [0.25, 0.3) is 0 Å². The van der Waals surface area contributed by atoms with Gasteiger partial charge in [0.1, 0.15) is 5.82 Å². The summed E-state index contributed by atoms with van der Waals surface area (Å²) in [5.74, 6) is 0.924. The van der Waals surface area contributed by atoms with Gasteiger partial charge in [-0.15, -0.1) is 0 Å². The molecular weight excluding hydrogens is 331 g/mol. The number of carbonyl (C=O) groups excluding carboxylic acids is 1. The van der Waals surface area contributed by atoms with Crippen LogP contribution >= 0.6 is 0 Å². The smallest absolute Gasteiger partial charge is 0.227 e. The molecule has 1 saturated heterocycles. The molecule has 1 amide bonds. The fourth-order valence-corrected chi connectivity index (χ4v) is 3.28. The van der Waals surface area contributed by atoms with Crippen LogP contribution in [0.5, 0.6) is 0 Å². The summed E-state index contributed by atoms with van der Waals surface area (Å²) >= 11 is 0. The van der Waals surface area contributed by atoms with Crippen LogP contribution < -0.4 is 5.32 Å². The van der Waals surface area contributed by atoms with Gasteiger partial charge in [0, 0.05) is 37.3 Å². The van der Waals surface area contributed by atoms with Crippen LogP contribution in [0.15, 0.2) is 36.5 Å². The maximum absolute atomic E-state index is 13.3. The van der Waals surface area contributed by atoms with Gasteiger partial charge in [0.2, 0.25) is 11.9 Å². The fraction of sp³-hybridized carbons (Fsp3) is 0.450. The lowest BCUT2D eigenvalue weighted by molar-refractivity contribution is -0.133. The number of carbonyl (C=O) groups is 1. The first-order chi connectivity index (χ1) is 12.5. The number of nitrogens with zero attached hydrogens (tertiary/aromatic N) is 3. The minimum Gasteiger partial charge on any atom is -0.342 e. The third kappa shape index (κ3) is 4.77. The third-order valence-corrected chi connectivity index (χ3v) is 4.53. The van der Waals surface area contributed by atoms with Crippen LogP contribution in [-0.4, -0.2) is 33.9 Å². The molecule has 1 aromatic carbocycles. The summed E-state index contributed by atoms with van der Waals surface area (Å²) in [6, 6.07) is 8.11. The van der Waals surface area contributed by atoms with E-state index in [1.807, 2.05) is 11.0 Å². The Morgan fingerprint density at radius 1 is 1.38 bits per heavy atom. The zero-order valence-corrected chi connectivity index (χ0v) is 15.3. The molecular formula is C20H25FN4O. The highest BCUT2D eigenvalue weighted by atomic mass is 19.1. The fourth-order valence-electron chi connectivity index (χ4n) is 3.28. The molecule has 3 rings (SSSR count). The van der Waals surface area contributed by atoms with Crippen molar-refractivity contribution in [1.29, 1.82) is 0 Å². The second kappa shape index (κ2) is 8.25. The lowest BCUT2D eigenvalue weighted by Crippen LogP contribution is -2.39. The molecule has 0 aliphatic carbocycles. The summed E-state index contributed by atoms with van der Waals surface area (Å²) < 4.78 is 13.3. The highest BCUT2D eigenvalue weighted by Gasteiger charge is 2.26. The van der Waals surface area contributed by atoms with E-state index in [1.165, 1.54) is 12.1 Å². The quantitative estimate of drug-likeness (QED) is 0.876. The molecule has 6 heteroatoms. The SMILES string of the molecule is CC(C)CC(=O)N1CCC[C@H](c2ccnc(Nc3cccc(F)c3)n2)C1. The standard InChI is InChI=1S/C20H25FN4O/c1-14(2)11-19(26)25-10-4-5-15(13-25)18-8-9-22-20(24-18)23-17-7-3-6-16(21)12-17/h3,6-9,12,14-15H,4-5,10-11,13H2,1-2H3,(H,22,23,24)/t15-/m0/s1. The zero-order valence-electron chi connectivity index (χ0n) is 15.3. The van der Waals surface area contributed by atoms with Gasteiger partial charge in [-0.25, -0.2) is 14.4 Å². The van der Waals surface area contributed by atoms with Gasteiger partial charge in [-0.2, -0.15) is 0 Å². The number of hydrogen-bond acceptors (Lipinski definition) is 4. The molecule has 0 bridgehead atoms. The number of likely N-dealkylation sites (tertiary alicyclic amines) is 1. The van der Waals surface area contributed by atoms with Crippen LogP contribution in [-0.2, 0) is 4.79 Å². The average Bonchev–Trinajstić information content (AvgIpc) is 2.61. The van der Waals surface area contributed by atoms with Gasteiger partial charge in [-0.3, -0.25) is 4.79 Å². The van der Waals surface area contributed by atoms with Crippen molar-refractivity contribution >= 4 is 17.5 Å². The lowest BCUT2D eigenvalue weighted by Gasteiger charge is -2.33. The second-order valence-electron chi connectivity index (χ2n) is 7.22. The molecule has 2 heterocycles. The first-order valence-electron chi connectivity index (χ1n) is 9.14. The molecule has 1 fully saturated rings. The zero-order chi connectivity index (χ0) is 18.5. The molecule has 0 saturated carbocycles. The van der Waals surface area contributed by atoms with Crippen molar-refractivity contribution in [3.8, 4) is 0 Å². The van der Waals surface area contributed by atoms with Crippen molar-refractivity contribution in [2.75, 3.05) is 18.4 Å². The molecule has 1 aromatic heterocycles. The van der Waals surface area contributed by atoms with Crippen molar-refractivity contribution in [2.24, 2.45) is 5.92 Å². The molecule has 0 radical (unpaired) electrons. The van der Waals surface area contributed by atoms with Crippen molar-refractivity contribution in [1.82, 2.24) is 14.9 Å². The van der Waals surface area contributed by atoms with Gasteiger partial charge in [0.05, 0.1) is 5.69 Å². The van der Waals surface area contributed by atoms with Gasteiger partial charge in [-0.1, -0.05) is 19.9 Å². The van der Waals surface area contributed by atoms with E-state index >= 15 is 0 Å². The maximum Gasteiger partial charge on any atom is 0.227 e. The number of aromatic nitrogens is 2. The summed E-state index contributed by atoms with van der Waals surface area (Å²) in [4.78, 5) is 23.1. The Morgan fingerprint density at radius 3 is 3.00 bits per heavy atom. The number of nitrogens with one attached hydrogen (secondary N) is 1. The third-order valence-electron chi connectivity index (χ3n) is 4.53. The minimum absolute atomic E-state index is 0.205. The molecule has 2 aromatic rings. The number of anilines is 2. The minimum atomic E-state index is -0.308. The Kier molecular flexibility index (Phi) is 5.81. The summed E-state index contributed by atoms with van der Waals surface area (Å²) in [6.45, 7) is 5.64. The number of hydrogen-bond donors (Lipinski definition) is 1. The normalized spacial score (nSPS) is 17.4. The first-order valence-corrected chi connectivity index (χ1v) is 9.14. The van der Waals surface area contributed by atoms with Crippen LogP contribution in [0.1, 0.15) is 44.7 Å². The van der Waals surface area contributed by atoms with Crippen molar-refractivity contribution < 1.29 is 9.18 Å². The highest BCUT2D eigenvalue weighted by molar-refractivity contribution is 5.76. The van der Waals surface area contributed by atoms with E-state index in [9.17, 15) is 9.18 Å². The van der Waals surface area contributed by atoms with Crippen molar-refractivity contribution in [2.45, 2.75) is 39.0 Å². The summed E-state index contributed by atoms with van der Waals surface area (Å²) in [7, 11) is 0.